The number of rotatable bonds is 5. The van der Waals surface area contributed by atoms with Crippen LogP contribution in [-0.2, 0) is 13.6 Å². The Morgan fingerprint density at radius 3 is 2.62 bits per heavy atom. The van der Waals surface area contributed by atoms with Gasteiger partial charge in [0, 0.05) is 37.9 Å². The zero-order chi connectivity index (χ0) is 12.2. The van der Waals surface area contributed by atoms with E-state index in [2.05, 4.69) is 43.4 Å². The second-order valence-electron chi connectivity index (χ2n) is 5.36. The van der Waals surface area contributed by atoms with Crippen LogP contribution in [-0.4, -0.2) is 27.9 Å². The normalized spacial score (nSPS) is 14.1. The molecule has 4 heteroatoms. The summed E-state index contributed by atoms with van der Waals surface area (Å²) in [7, 11) is 1.97. The van der Waals surface area contributed by atoms with Crippen LogP contribution < -0.4 is 10.6 Å². The summed E-state index contributed by atoms with van der Waals surface area (Å²) in [5.74, 6) is 0. The molecule has 16 heavy (non-hydrogen) atoms. The molecule has 1 rings (SSSR count). The first-order chi connectivity index (χ1) is 7.38. The molecule has 0 saturated heterocycles. The highest BCUT2D eigenvalue weighted by Crippen LogP contribution is 1.99. The maximum atomic E-state index is 4.14. The lowest BCUT2D eigenvalue weighted by molar-refractivity contribution is 0.385. The number of nitrogens with zero attached hydrogens (tertiary/aromatic N) is 2. The molecule has 2 N–H and O–H groups in total. The van der Waals surface area contributed by atoms with E-state index >= 15 is 0 Å². The van der Waals surface area contributed by atoms with E-state index in [0.717, 1.165) is 13.1 Å². The Balaban J connectivity index is 2.25. The number of aryl methyl sites for hydroxylation is 1. The van der Waals surface area contributed by atoms with Crippen molar-refractivity contribution < 1.29 is 0 Å². The van der Waals surface area contributed by atoms with Gasteiger partial charge in [-0.15, -0.1) is 0 Å². The highest BCUT2D eigenvalue weighted by molar-refractivity contribution is 4.99. The van der Waals surface area contributed by atoms with Gasteiger partial charge in [-0.2, -0.15) is 5.10 Å². The van der Waals surface area contributed by atoms with Gasteiger partial charge in [0.15, 0.2) is 0 Å². The van der Waals surface area contributed by atoms with Gasteiger partial charge in [-0.3, -0.25) is 4.68 Å². The molecule has 1 atom stereocenters. The van der Waals surface area contributed by atoms with Gasteiger partial charge in [0.1, 0.15) is 0 Å². The standard InChI is InChI=1S/C12H24N4/c1-10(8-14-12(2,3)4)13-9-11-6-7-15-16(11)5/h6-7,10,13-14H,8-9H2,1-5H3. The Bertz CT molecular complexity index is 311. The Morgan fingerprint density at radius 2 is 2.12 bits per heavy atom. The Kier molecular flexibility index (Phi) is 4.50. The molecule has 1 aromatic heterocycles. The van der Waals surface area contributed by atoms with Gasteiger partial charge in [0.2, 0.25) is 0 Å². The maximum absolute atomic E-state index is 4.14. The van der Waals surface area contributed by atoms with E-state index in [0.29, 0.717) is 6.04 Å². The van der Waals surface area contributed by atoms with Crippen molar-refractivity contribution in [2.45, 2.75) is 45.8 Å². The summed E-state index contributed by atoms with van der Waals surface area (Å²) >= 11 is 0. The third kappa shape index (κ3) is 4.77. The predicted molar refractivity (Wildman–Crippen MR) is 67.3 cm³/mol. The number of hydrogen-bond acceptors (Lipinski definition) is 3. The summed E-state index contributed by atoms with van der Waals surface area (Å²) in [4.78, 5) is 0. The quantitative estimate of drug-likeness (QED) is 0.792. The van der Waals surface area contributed by atoms with Crippen LogP contribution in [0, 0.1) is 0 Å². The fourth-order valence-electron chi connectivity index (χ4n) is 1.38. The van der Waals surface area contributed by atoms with E-state index in [-0.39, 0.29) is 5.54 Å². The lowest BCUT2D eigenvalue weighted by Gasteiger charge is -2.24. The molecule has 0 aliphatic carbocycles. The smallest absolute Gasteiger partial charge is 0.0518 e. The fraction of sp³-hybridized carbons (Fsp3) is 0.750. The topological polar surface area (TPSA) is 41.9 Å². The minimum atomic E-state index is 0.183. The molecule has 0 amide bonds. The third-order valence-electron chi connectivity index (χ3n) is 2.49. The van der Waals surface area contributed by atoms with Gasteiger partial charge in [0.25, 0.3) is 0 Å². The Morgan fingerprint density at radius 1 is 1.44 bits per heavy atom. The first-order valence-corrected chi connectivity index (χ1v) is 5.84. The van der Waals surface area contributed by atoms with Gasteiger partial charge in [0.05, 0.1) is 5.69 Å². The van der Waals surface area contributed by atoms with E-state index in [1.165, 1.54) is 5.69 Å². The molecule has 0 spiro atoms. The van der Waals surface area contributed by atoms with Crippen LogP contribution in [0.25, 0.3) is 0 Å². The first kappa shape index (κ1) is 13.2. The van der Waals surface area contributed by atoms with E-state index < -0.39 is 0 Å². The van der Waals surface area contributed by atoms with Crippen molar-refractivity contribution in [2.24, 2.45) is 7.05 Å². The van der Waals surface area contributed by atoms with Crippen molar-refractivity contribution >= 4 is 0 Å². The van der Waals surface area contributed by atoms with Crippen molar-refractivity contribution in [3.05, 3.63) is 18.0 Å². The van der Waals surface area contributed by atoms with Crippen LogP contribution in [0.3, 0.4) is 0 Å². The van der Waals surface area contributed by atoms with Crippen molar-refractivity contribution in [3.63, 3.8) is 0 Å². The average Bonchev–Trinajstić information content (AvgIpc) is 2.57. The van der Waals surface area contributed by atoms with Crippen LogP contribution in [0.2, 0.25) is 0 Å². The van der Waals surface area contributed by atoms with Crippen molar-refractivity contribution in [3.8, 4) is 0 Å². The van der Waals surface area contributed by atoms with Gasteiger partial charge >= 0.3 is 0 Å². The summed E-state index contributed by atoms with van der Waals surface area (Å²) in [5, 5.41) is 11.1. The zero-order valence-corrected chi connectivity index (χ0v) is 11.0. The van der Waals surface area contributed by atoms with Gasteiger partial charge in [-0.1, -0.05) is 0 Å². The van der Waals surface area contributed by atoms with E-state index in [1.54, 1.807) is 0 Å². The second kappa shape index (κ2) is 5.46. The molecule has 0 aromatic carbocycles. The van der Waals surface area contributed by atoms with Gasteiger partial charge in [-0.25, -0.2) is 0 Å². The van der Waals surface area contributed by atoms with Crippen LogP contribution in [0.4, 0.5) is 0 Å². The second-order valence-corrected chi connectivity index (χ2v) is 5.36. The highest BCUT2D eigenvalue weighted by atomic mass is 15.3. The SMILES string of the molecule is CC(CNC(C)(C)C)NCc1ccnn1C. The van der Waals surface area contributed by atoms with Gasteiger partial charge < -0.3 is 10.6 Å². The summed E-state index contributed by atoms with van der Waals surface area (Å²) in [6, 6.07) is 2.49. The summed E-state index contributed by atoms with van der Waals surface area (Å²) in [5.41, 5.74) is 1.39. The van der Waals surface area contributed by atoms with Crippen LogP contribution in [0.15, 0.2) is 12.3 Å². The molecule has 92 valence electrons. The highest BCUT2D eigenvalue weighted by Gasteiger charge is 2.10. The summed E-state index contributed by atoms with van der Waals surface area (Å²) < 4.78 is 1.90. The van der Waals surface area contributed by atoms with E-state index in [9.17, 15) is 0 Å². The number of nitrogens with one attached hydrogen (secondary N) is 2. The molecular weight excluding hydrogens is 200 g/mol. The molecule has 0 aliphatic rings. The van der Waals surface area contributed by atoms with Gasteiger partial charge in [-0.05, 0) is 33.8 Å². The summed E-state index contributed by atoms with van der Waals surface area (Å²) in [6.45, 7) is 10.6. The van der Waals surface area contributed by atoms with Crippen molar-refractivity contribution in [2.75, 3.05) is 6.54 Å². The molecule has 0 saturated carbocycles. The van der Waals surface area contributed by atoms with Crippen LogP contribution in [0.5, 0.6) is 0 Å². The fourth-order valence-corrected chi connectivity index (χ4v) is 1.38. The molecular formula is C12H24N4. The van der Waals surface area contributed by atoms with Crippen LogP contribution in [0.1, 0.15) is 33.4 Å². The van der Waals surface area contributed by atoms with Crippen LogP contribution >= 0.6 is 0 Å². The van der Waals surface area contributed by atoms with E-state index in [4.69, 9.17) is 0 Å². The zero-order valence-electron chi connectivity index (χ0n) is 11.0. The molecule has 4 nitrogen and oxygen atoms in total. The minimum absolute atomic E-state index is 0.183. The number of aromatic nitrogens is 2. The molecule has 0 aliphatic heterocycles. The molecule has 0 radical (unpaired) electrons. The Labute approximate surface area is 98.4 Å². The predicted octanol–water partition coefficient (Wildman–Crippen LogP) is 1.29. The van der Waals surface area contributed by atoms with Crippen molar-refractivity contribution in [1.82, 2.24) is 20.4 Å². The third-order valence-corrected chi connectivity index (χ3v) is 2.49. The largest absolute Gasteiger partial charge is 0.311 e. The number of hydrogen-bond donors (Lipinski definition) is 2. The minimum Gasteiger partial charge on any atom is -0.311 e. The average molecular weight is 224 g/mol. The molecule has 1 heterocycles. The maximum Gasteiger partial charge on any atom is 0.0518 e. The lowest BCUT2D eigenvalue weighted by atomic mass is 10.1. The molecule has 0 fully saturated rings. The lowest BCUT2D eigenvalue weighted by Crippen LogP contribution is -2.44. The molecule has 1 aromatic rings. The summed E-state index contributed by atoms with van der Waals surface area (Å²) in [6.07, 6.45) is 1.83. The Hall–Kier alpha value is -0.870. The monoisotopic (exact) mass is 224 g/mol. The van der Waals surface area contributed by atoms with Crippen molar-refractivity contribution in [1.29, 1.82) is 0 Å². The van der Waals surface area contributed by atoms with E-state index in [1.807, 2.05) is 24.0 Å². The molecule has 1 unspecified atom stereocenters. The molecule has 0 bridgehead atoms. The first-order valence-electron chi connectivity index (χ1n) is 5.84.